The Kier molecular flexibility index (Phi) is 7.07. The molecule has 0 radical (unpaired) electrons. The third-order valence-electron chi connectivity index (χ3n) is 6.91. The molecule has 9 nitrogen and oxygen atoms in total. The number of nitrogens with one attached hydrogen (secondary N) is 2. The molecule has 5 rings (SSSR count). The molecular weight excluding hydrogens is 490 g/mol. The van der Waals surface area contributed by atoms with Gasteiger partial charge in [0.1, 0.15) is 32.7 Å². The van der Waals surface area contributed by atoms with Crippen molar-refractivity contribution in [2.45, 2.75) is 50.6 Å². The van der Waals surface area contributed by atoms with Crippen LogP contribution in [0.2, 0.25) is 0 Å². The average molecular weight is 521 g/mol. The van der Waals surface area contributed by atoms with E-state index in [1.54, 1.807) is 6.20 Å². The summed E-state index contributed by atoms with van der Waals surface area (Å²) in [5.41, 5.74) is 0.825. The van der Waals surface area contributed by atoms with E-state index in [2.05, 4.69) is 20.6 Å². The smallest absolute Gasteiger partial charge is 0.224 e. The van der Waals surface area contributed by atoms with E-state index in [4.69, 9.17) is 9.72 Å². The fourth-order valence-electron chi connectivity index (χ4n) is 5.15. The lowest BCUT2D eigenvalue weighted by molar-refractivity contribution is 0.0710. The van der Waals surface area contributed by atoms with E-state index < -0.39 is 21.5 Å². The molecule has 0 atom stereocenters. The molecule has 1 aromatic carbocycles. The monoisotopic (exact) mass is 520 g/mol. The molecule has 2 fully saturated rings. The molecule has 1 saturated carbocycles. The number of hydrogen-bond donors (Lipinski definition) is 2. The molecule has 1 saturated heterocycles. The van der Waals surface area contributed by atoms with Crippen LogP contribution in [0.25, 0.3) is 11.2 Å². The first-order valence-electron chi connectivity index (χ1n) is 12.2. The molecule has 0 bridgehead atoms. The molecular formula is C24H30F2N6O3S. The molecule has 194 valence electrons. The van der Waals surface area contributed by atoms with E-state index in [1.165, 1.54) is 24.5 Å². The number of benzene rings is 1. The molecule has 12 heteroatoms. The van der Waals surface area contributed by atoms with Gasteiger partial charge in [0, 0.05) is 31.6 Å². The van der Waals surface area contributed by atoms with Crippen LogP contribution >= 0.6 is 0 Å². The first-order valence-corrected chi connectivity index (χ1v) is 14.3. The minimum absolute atomic E-state index is 0.00438. The molecule has 2 aromatic heterocycles. The second kappa shape index (κ2) is 10.3. The maximum Gasteiger partial charge on any atom is 0.224 e. The summed E-state index contributed by atoms with van der Waals surface area (Å²) in [7, 11) is -2.98. The van der Waals surface area contributed by atoms with Gasteiger partial charge in [0.05, 0.1) is 11.9 Å². The van der Waals surface area contributed by atoms with Crippen LogP contribution in [0.15, 0.2) is 24.4 Å². The van der Waals surface area contributed by atoms with Gasteiger partial charge in [0.2, 0.25) is 11.9 Å². The van der Waals surface area contributed by atoms with Crippen molar-refractivity contribution in [2.24, 2.45) is 5.92 Å². The Morgan fingerprint density at radius 2 is 1.75 bits per heavy atom. The summed E-state index contributed by atoms with van der Waals surface area (Å²) in [5, 5.41) is 6.23. The highest BCUT2D eigenvalue weighted by molar-refractivity contribution is 7.90. The van der Waals surface area contributed by atoms with Gasteiger partial charge in [-0.05, 0) is 56.6 Å². The number of sulfone groups is 1. The van der Waals surface area contributed by atoms with Crippen LogP contribution in [0.3, 0.4) is 0 Å². The number of para-hydroxylation sites is 1. The quantitative estimate of drug-likeness (QED) is 0.477. The lowest BCUT2D eigenvalue weighted by atomic mass is 9.87. The highest BCUT2D eigenvalue weighted by Gasteiger charge is 2.27. The SMILES string of the molecule is CS(=O)(=O)CC1CCC(Nc2ncc3nc(Nc4c(F)cccc4F)n(C4CCOCC4)c3n2)CC1. The van der Waals surface area contributed by atoms with Crippen LogP contribution in [0.5, 0.6) is 0 Å². The van der Waals surface area contributed by atoms with E-state index in [0.717, 1.165) is 38.5 Å². The van der Waals surface area contributed by atoms with Crippen molar-refractivity contribution >= 4 is 38.6 Å². The zero-order valence-corrected chi connectivity index (χ0v) is 20.9. The fraction of sp³-hybridized carbons (Fsp3) is 0.542. The molecule has 2 aliphatic rings. The van der Waals surface area contributed by atoms with Crippen molar-refractivity contribution in [3.8, 4) is 0 Å². The number of ether oxygens (including phenoxy) is 1. The number of halogens is 2. The van der Waals surface area contributed by atoms with Crippen LogP contribution in [-0.2, 0) is 14.6 Å². The Morgan fingerprint density at radius 3 is 2.42 bits per heavy atom. The summed E-state index contributed by atoms with van der Waals surface area (Å²) in [6.07, 6.45) is 7.66. The average Bonchev–Trinajstić information content (AvgIpc) is 3.20. The Bertz CT molecular complexity index is 1310. The largest absolute Gasteiger partial charge is 0.381 e. The van der Waals surface area contributed by atoms with Gasteiger partial charge in [-0.1, -0.05) is 6.07 Å². The van der Waals surface area contributed by atoms with Crippen molar-refractivity contribution in [1.82, 2.24) is 19.5 Å². The highest BCUT2D eigenvalue weighted by Crippen LogP contribution is 2.33. The molecule has 1 aliphatic carbocycles. The van der Waals surface area contributed by atoms with Crippen LogP contribution < -0.4 is 10.6 Å². The lowest BCUT2D eigenvalue weighted by Crippen LogP contribution is -2.29. The zero-order chi connectivity index (χ0) is 25.3. The van der Waals surface area contributed by atoms with Gasteiger partial charge in [0.25, 0.3) is 0 Å². The fourth-order valence-corrected chi connectivity index (χ4v) is 6.34. The number of anilines is 3. The number of nitrogens with zero attached hydrogens (tertiary/aromatic N) is 4. The molecule has 1 aliphatic heterocycles. The summed E-state index contributed by atoms with van der Waals surface area (Å²) in [6, 6.07) is 3.84. The Balaban J connectivity index is 1.41. The number of rotatable bonds is 7. The molecule has 2 N–H and O–H groups in total. The third-order valence-corrected chi connectivity index (χ3v) is 7.98. The number of imidazole rings is 1. The van der Waals surface area contributed by atoms with Crippen molar-refractivity contribution in [3.05, 3.63) is 36.0 Å². The van der Waals surface area contributed by atoms with E-state index >= 15 is 0 Å². The van der Waals surface area contributed by atoms with Crippen LogP contribution in [0.1, 0.15) is 44.6 Å². The minimum Gasteiger partial charge on any atom is -0.381 e. The minimum atomic E-state index is -2.98. The van der Waals surface area contributed by atoms with Gasteiger partial charge in [-0.15, -0.1) is 0 Å². The van der Waals surface area contributed by atoms with Gasteiger partial charge >= 0.3 is 0 Å². The second-order valence-corrected chi connectivity index (χ2v) is 11.9. The summed E-state index contributed by atoms with van der Waals surface area (Å²) in [4.78, 5) is 13.7. The predicted octanol–water partition coefficient (Wildman–Crippen LogP) is 4.21. The standard InChI is InChI=1S/C24H30F2N6O3S/c1-36(33,34)14-15-5-7-16(8-6-15)28-23-27-13-20-22(31-23)32(17-9-11-35-12-10-17)24(29-20)30-21-18(25)3-2-4-19(21)26/h2-4,13,15-17H,5-12,14H2,1H3,(H,29,30)(H,27,28,31). The second-order valence-electron chi connectivity index (χ2n) is 9.73. The number of fused-ring (bicyclic) bond motifs is 1. The van der Waals surface area contributed by atoms with Crippen LogP contribution in [-0.4, -0.2) is 59.2 Å². The topological polar surface area (TPSA) is 111 Å². The van der Waals surface area contributed by atoms with Gasteiger partial charge in [-0.25, -0.2) is 27.2 Å². The Morgan fingerprint density at radius 1 is 1.06 bits per heavy atom. The van der Waals surface area contributed by atoms with Crippen molar-refractivity contribution in [3.63, 3.8) is 0 Å². The first-order chi connectivity index (χ1) is 17.3. The maximum absolute atomic E-state index is 14.4. The first kappa shape index (κ1) is 24.8. The molecule has 3 heterocycles. The third kappa shape index (κ3) is 5.59. The summed E-state index contributed by atoms with van der Waals surface area (Å²) in [6.45, 7) is 1.15. The van der Waals surface area contributed by atoms with Crippen molar-refractivity contribution in [1.29, 1.82) is 0 Å². The lowest BCUT2D eigenvalue weighted by Gasteiger charge is -2.28. The normalized spacial score (nSPS) is 21.5. The number of hydrogen-bond acceptors (Lipinski definition) is 8. The van der Waals surface area contributed by atoms with Crippen molar-refractivity contribution < 1.29 is 21.9 Å². The van der Waals surface area contributed by atoms with E-state index in [1.807, 2.05) is 4.57 Å². The Hall–Kier alpha value is -2.86. The maximum atomic E-state index is 14.4. The van der Waals surface area contributed by atoms with E-state index in [0.29, 0.717) is 36.3 Å². The Labute approximate surface area is 208 Å². The predicted molar refractivity (Wildman–Crippen MR) is 133 cm³/mol. The van der Waals surface area contributed by atoms with Gasteiger partial charge in [-0.2, -0.15) is 4.98 Å². The van der Waals surface area contributed by atoms with E-state index in [-0.39, 0.29) is 29.4 Å². The molecule has 0 spiro atoms. The summed E-state index contributed by atoms with van der Waals surface area (Å²) >= 11 is 0. The molecule has 36 heavy (non-hydrogen) atoms. The van der Waals surface area contributed by atoms with Gasteiger partial charge in [0.15, 0.2) is 5.65 Å². The van der Waals surface area contributed by atoms with Gasteiger partial charge in [-0.3, -0.25) is 4.57 Å². The highest BCUT2D eigenvalue weighted by atomic mass is 32.2. The van der Waals surface area contributed by atoms with Crippen LogP contribution in [0, 0.1) is 17.6 Å². The number of aromatic nitrogens is 4. The van der Waals surface area contributed by atoms with Crippen LogP contribution in [0.4, 0.5) is 26.4 Å². The molecule has 3 aromatic rings. The van der Waals surface area contributed by atoms with E-state index in [9.17, 15) is 17.2 Å². The molecule has 0 amide bonds. The van der Waals surface area contributed by atoms with Gasteiger partial charge < -0.3 is 15.4 Å². The summed E-state index contributed by atoms with van der Waals surface area (Å²) < 4.78 is 59.4. The zero-order valence-electron chi connectivity index (χ0n) is 20.1. The summed E-state index contributed by atoms with van der Waals surface area (Å²) in [5.74, 6) is -0.255. The van der Waals surface area contributed by atoms with Crippen molar-refractivity contribution in [2.75, 3.05) is 35.9 Å². The molecule has 0 unspecified atom stereocenters.